The molecule has 2 rings (SSSR count). The van der Waals surface area contributed by atoms with E-state index < -0.39 is 0 Å². The summed E-state index contributed by atoms with van der Waals surface area (Å²) in [6, 6.07) is 1.65. The van der Waals surface area contributed by atoms with Crippen LogP contribution in [0.3, 0.4) is 0 Å². The summed E-state index contributed by atoms with van der Waals surface area (Å²) >= 11 is 0. The van der Waals surface area contributed by atoms with Gasteiger partial charge >= 0.3 is 0 Å². The molecule has 1 fully saturated rings. The predicted octanol–water partition coefficient (Wildman–Crippen LogP) is -0.413. The summed E-state index contributed by atoms with van der Waals surface area (Å²) in [4.78, 5) is 37.4. The zero-order valence-corrected chi connectivity index (χ0v) is 13.6. The Bertz CT molecular complexity index is 590. The van der Waals surface area contributed by atoms with E-state index in [1.54, 1.807) is 24.9 Å². The van der Waals surface area contributed by atoms with Crippen molar-refractivity contribution in [3.8, 4) is 0 Å². The lowest BCUT2D eigenvalue weighted by atomic mass is 10.1. The summed E-state index contributed by atoms with van der Waals surface area (Å²) in [6.45, 7) is 3.10. The van der Waals surface area contributed by atoms with Crippen LogP contribution in [0, 0.1) is 6.92 Å². The second kappa shape index (κ2) is 7.75. The molecule has 1 saturated heterocycles. The van der Waals surface area contributed by atoms with Gasteiger partial charge in [-0.15, -0.1) is 0 Å². The fraction of sp³-hybridized carbons (Fsp3) is 0.600. The third-order valence-corrected chi connectivity index (χ3v) is 3.79. The monoisotopic (exact) mass is 321 g/mol. The van der Waals surface area contributed by atoms with Crippen molar-refractivity contribution in [1.29, 1.82) is 0 Å². The molecular formula is C15H23N5O3. The number of nitrogens with zero attached hydrogens (tertiary/aromatic N) is 3. The summed E-state index contributed by atoms with van der Waals surface area (Å²) < 4.78 is 1.46. The van der Waals surface area contributed by atoms with E-state index in [2.05, 4.69) is 15.7 Å². The number of nitrogens with one attached hydrogen (secondary N) is 2. The molecule has 1 aromatic heterocycles. The van der Waals surface area contributed by atoms with Crippen LogP contribution in [-0.2, 0) is 16.6 Å². The van der Waals surface area contributed by atoms with Gasteiger partial charge < -0.3 is 15.5 Å². The molecule has 0 bridgehead atoms. The third kappa shape index (κ3) is 4.80. The number of hydrogen-bond donors (Lipinski definition) is 2. The Morgan fingerprint density at radius 2 is 1.83 bits per heavy atom. The molecule has 0 aliphatic carbocycles. The van der Waals surface area contributed by atoms with E-state index in [4.69, 9.17) is 0 Å². The third-order valence-electron chi connectivity index (χ3n) is 3.79. The molecule has 3 amide bonds. The molecule has 126 valence electrons. The van der Waals surface area contributed by atoms with Crippen LogP contribution in [0.5, 0.6) is 0 Å². The van der Waals surface area contributed by atoms with Gasteiger partial charge in [-0.05, 0) is 32.3 Å². The molecule has 2 heterocycles. The Morgan fingerprint density at radius 1 is 1.13 bits per heavy atom. The molecule has 8 nitrogen and oxygen atoms in total. The van der Waals surface area contributed by atoms with E-state index in [0.717, 1.165) is 38.0 Å². The van der Waals surface area contributed by atoms with Crippen molar-refractivity contribution < 1.29 is 14.4 Å². The van der Waals surface area contributed by atoms with Crippen molar-refractivity contribution in [1.82, 2.24) is 25.3 Å². The molecule has 1 aliphatic rings. The van der Waals surface area contributed by atoms with Gasteiger partial charge in [0.2, 0.25) is 11.8 Å². The molecule has 0 radical (unpaired) electrons. The summed E-state index contributed by atoms with van der Waals surface area (Å²) in [5, 5.41) is 9.13. The fourth-order valence-electron chi connectivity index (χ4n) is 2.57. The van der Waals surface area contributed by atoms with Crippen LogP contribution in [0.1, 0.15) is 35.4 Å². The summed E-state index contributed by atoms with van der Waals surface area (Å²) in [5.74, 6) is -0.833. The number of aromatic nitrogens is 2. The van der Waals surface area contributed by atoms with Crippen LogP contribution in [0.4, 0.5) is 0 Å². The largest absolute Gasteiger partial charge is 0.345 e. The van der Waals surface area contributed by atoms with E-state index >= 15 is 0 Å². The van der Waals surface area contributed by atoms with Gasteiger partial charge in [-0.1, -0.05) is 0 Å². The molecule has 0 aromatic carbocycles. The average Bonchev–Trinajstić information content (AvgIpc) is 2.89. The Balaban J connectivity index is 1.71. The summed E-state index contributed by atoms with van der Waals surface area (Å²) in [5.41, 5.74) is 1.12. The number of carbonyl (C=O) groups excluding carboxylic acids is 3. The number of rotatable bonds is 5. The summed E-state index contributed by atoms with van der Waals surface area (Å²) in [6.07, 6.45) is 3.18. The molecule has 0 saturated carbocycles. The van der Waals surface area contributed by atoms with Gasteiger partial charge in [0.1, 0.15) is 5.69 Å². The topological polar surface area (TPSA) is 96.3 Å². The number of likely N-dealkylation sites (tertiary alicyclic amines) is 1. The van der Waals surface area contributed by atoms with Crippen LogP contribution in [0.2, 0.25) is 0 Å². The van der Waals surface area contributed by atoms with Gasteiger partial charge in [-0.2, -0.15) is 5.10 Å². The molecule has 8 heteroatoms. The van der Waals surface area contributed by atoms with Crippen LogP contribution < -0.4 is 10.6 Å². The van der Waals surface area contributed by atoms with Crippen LogP contribution in [0.15, 0.2) is 6.07 Å². The predicted molar refractivity (Wildman–Crippen MR) is 83.7 cm³/mol. The van der Waals surface area contributed by atoms with Crippen molar-refractivity contribution in [2.75, 3.05) is 26.2 Å². The van der Waals surface area contributed by atoms with E-state index in [1.807, 2.05) is 0 Å². The van der Waals surface area contributed by atoms with Gasteiger partial charge in [0.25, 0.3) is 5.91 Å². The normalized spacial score (nSPS) is 14.4. The quantitative estimate of drug-likeness (QED) is 0.770. The molecule has 0 unspecified atom stereocenters. The zero-order valence-electron chi connectivity index (χ0n) is 13.6. The lowest BCUT2D eigenvalue weighted by Gasteiger charge is -2.26. The van der Waals surface area contributed by atoms with Crippen molar-refractivity contribution in [3.63, 3.8) is 0 Å². The van der Waals surface area contributed by atoms with E-state index in [9.17, 15) is 14.4 Å². The second-order valence-electron chi connectivity index (χ2n) is 5.70. The van der Waals surface area contributed by atoms with Crippen molar-refractivity contribution in [2.24, 2.45) is 7.05 Å². The van der Waals surface area contributed by atoms with Gasteiger partial charge in [0.05, 0.1) is 18.8 Å². The highest BCUT2D eigenvalue weighted by molar-refractivity contribution is 5.95. The molecule has 0 spiro atoms. The molecule has 0 atom stereocenters. The highest BCUT2D eigenvalue weighted by Crippen LogP contribution is 2.08. The van der Waals surface area contributed by atoms with Gasteiger partial charge in [-0.3, -0.25) is 19.1 Å². The summed E-state index contributed by atoms with van der Waals surface area (Å²) in [7, 11) is 1.67. The van der Waals surface area contributed by atoms with Gasteiger partial charge in [0, 0.05) is 20.1 Å². The number of aryl methyl sites for hydroxylation is 2. The van der Waals surface area contributed by atoms with Crippen LogP contribution in [0.25, 0.3) is 0 Å². The minimum atomic E-state index is -0.386. The minimum absolute atomic E-state index is 0.0283. The fourth-order valence-corrected chi connectivity index (χ4v) is 2.57. The number of amides is 3. The highest BCUT2D eigenvalue weighted by Gasteiger charge is 2.17. The first-order chi connectivity index (χ1) is 11.0. The van der Waals surface area contributed by atoms with Gasteiger partial charge in [-0.25, -0.2) is 0 Å². The SMILES string of the molecule is Cc1cc(C(=O)NCC(=O)NCC(=O)N2CCCCC2)n(C)n1. The average molecular weight is 321 g/mol. The Kier molecular flexibility index (Phi) is 5.72. The first-order valence-electron chi connectivity index (χ1n) is 7.80. The molecular weight excluding hydrogens is 298 g/mol. The number of piperidine rings is 1. The van der Waals surface area contributed by atoms with E-state index in [-0.39, 0.29) is 30.8 Å². The maximum atomic E-state index is 11.9. The lowest BCUT2D eigenvalue weighted by Crippen LogP contribution is -2.45. The smallest absolute Gasteiger partial charge is 0.269 e. The molecule has 2 N–H and O–H groups in total. The minimum Gasteiger partial charge on any atom is -0.345 e. The Labute approximate surface area is 135 Å². The maximum absolute atomic E-state index is 11.9. The standard InChI is InChI=1S/C15H23N5O3/c1-11-8-12(19(2)18-11)15(23)17-9-13(21)16-10-14(22)20-6-4-3-5-7-20/h8H,3-7,9-10H2,1-2H3,(H,16,21)(H,17,23). The van der Waals surface area contributed by atoms with Crippen molar-refractivity contribution in [2.45, 2.75) is 26.2 Å². The van der Waals surface area contributed by atoms with Crippen molar-refractivity contribution >= 4 is 17.7 Å². The second-order valence-corrected chi connectivity index (χ2v) is 5.70. The van der Waals surface area contributed by atoms with Crippen molar-refractivity contribution in [3.05, 3.63) is 17.5 Å². The molecule has 23 heavy (non-hydrogen) atoms. The Hall–Kier alpha value is -2.38. The first kappa shape index (κ1) is 17.0. The number of carbonyl (C=O) groups is 3. The maximum Gasteiger partial charge on any atom is 0.269 e. The highest BCUT2D eigenvalue weighted by atomic mass is 16.2. The molecule has 1 aromatic rings. The van der Waals surface area contributed by atoms with Crippen LogP contribution in [-0.4, -0.2) is 58.6 Å². The van der Waals surface area contributed by atoms with Gasteiger partial charge in [0.15, 0.2) is 0 Å². The molecule has 1 aliphatic heterocycles. The van der Waals surface area contributed by atoms with E-state index in [0.29, 0.717) is 5.69 Å². The number of hydrogen-bond acceptors (Lipinski definition) is 4. The van der Waals surface area contributed by atoms with Crippen LogP contribution >= 0.6 is 0 Å². The lowest BCUT2D eigenvalue weighted by molar-refractivity contribution is -0.133. The Morgan fingerprint density at radius 3 is 2.43 bits per heavy atom. The van der Waals surface area contributed by atoms with E-state index in [1.165, 1.54) is 4.68 Å². The zero-order chi connectivity index (χ0) is 16.8. The first-order valence-corrected chi connectivity index (χ1v) is 7.80.